The Morgan fingerprint density at radius 3 is 2.48 bits per heavy atom. The molecular formula is C13H16N2O6. The molecule has 2 aliphatic rings. The van der Waals surface area contributed by atoms with E-state index in [0.29, 0.717) is 39.1 Å². The number of piperidine rings is 1. The van der Waals surface area contributed by atoms with Gasteiger partial charge in [-0.3, -0.25) is 14.9 Å². The Labute approximate surface area is 120 Å². The lowest BCUT2D eigenvalue weighted by Crippen LogP contribution is -2.51. The van der Waals surface area contributed by atoms with Crippen molar-refractivity contribution in [3.63, 3.8) is 0 Å². The fourth-order valence-corrected chi connectivity index (χ4v) is 2.65. The second-order valence-corrected chi connectivity index (χ2v) is 5.15. The maximum Gasteiger partial charge on any atom is 0.433 e. The first-order valence-electron chi connectivity index (χ1n) is 6.91. The predicted molar refractivity (Wildman–Crippen MR) is 69.8 cm³/mol. The van der Waals surface area contributed by atoms with Crippen LogP contribution in [0.15, 0.2) is 16.5 Å². The standard InChI is InChI=1S/C13H16N2O6/c16-12(10-2-3-11(21-10)15(17)18)14-6-4-13(5-7-14)19-8-1-9-20-13/h2-3H,1,4-9H2. The van der Waals surface area contributed by atoms with Crippen LogP contribution in [0.4, 0.5) is 5.88 Å². The highest BCUT2D eigenvalue weighted by Crippen LogP contribution is 2.31. The lowest BCUT2D eigenvalue weighted by molar-refractivity contribution is -0.402. The topological polar surface area (TPSA) is 95.0 Å². The van der Waals surface area contributed by atoms with E-state index in [4.69, 9.17) is 13.9 Å². The molecule has 21 heavy (non-hydrogen) atoms. The number of hydrogen-bond donors (Lipinski definition) is 0. The van der Waals surface area contributed by atoms with Crippen LogP contribution in [0.2, 0.25) is 0 Å². The summed E-state index contributed by atoms with van der Waals surface area (Å²) in [5, 5.41) is 10.6. The van der Waals surface area contributed by atoms with E-state index in [9.17, 15) is 14.9 Å². The molecule has 0 N–H and O–H groups in total. The van der Waals surface area contributed by atoms with Crippen molar-refractivity contribution in [2.75, 3.05) is 26.3 Å². The Morgan fingerprint density at radius 2 is 1.90 bits per heavy atom. The molecule has 2 saturated heterocycles. The molecule has 3 heterocycles. The van der Waals surface area contributed by atoms with Gasteiger partial charge in [-0.15, -0.1) is 0 Å². The van der Waals surface area contributed by atoms with E-state index < -0.39 is 16.6 Å². The SMILES string of the molecule is O=C(c1ccc([N+](=O)[O-])o1)N1CCC2(CC1)OCCCO2. The van der Waals surface area contributed by atoms with Crippen molar-refractivity contribution >= 4 is 11.8 Å². The molecule has 1 aromatic heterocycles. The zero-order valence-corrected chi connectivity index (χ0v) is 11.4. The first kappa shape index (κ1) is 14.0. The molecule has 0 radical (unpaired) electrons. The van der Waals surface area contributed by atoms with E-state index in [1.165, 1.54) is 12.1 Å². The zero-order chi connectivity index (χ0) is 14.9. The summed E-state index contributed by atoms with van der Waals surface area (Å²) in [6.07, 6.45) is 2.09. The summed E-state index contributed by atoms with van der Waals surface area (Å²) in [4.78, 5) is 23.7. The van der Waals surface area contributed by atoms with Crippen LogP contribution < -0.4 is 0 Å². The molecule has 8 heteroatoms. The molecule has 2 aliphatic heterocycles. The third-order valence-corrected chi connectivity index (χ3v) is 3.81. The molecule has 2 fully saturated rings. The minimum atomic E-state index is -0.661. The third kappa shape index (κ3) is 2.77. The number of furan rings is 1. The van der Waals surface area contributed by atoms with Crippen molar-refractivity contribution in [1.82, 2.24) is 4.90 Å². The van der Waals surface area contributed by atoms with Gasteiger partial charge in [-0.05, 0) is 12.5 Å². The predicted octanol–water partition coefficient (Wildman–Crippen LogP) is 1.56. The summed E-state index contributed by atoms with van der Waals surface area (Å²) in [5.41, 5.74) is 0. The van der Waals surface area contributed by atoms with Gasteiger partial charge in [-0.1, -0.05) is 0 Å². The highest BCUT2D eigenvalue weighted by Gasteiger charge is 2.40. The van der Waals surface area contributed by atoms with E-state index in [-0.39, 0.29) is 11.7 Å². The number of carbonyl (C=O) groups is 1. The number of nitrogens with zero attached hydrogens (tertiary/aromatic N) is 2. The molecule has 114 valence electrons. The quantitative estimate of drug-likeness (QED) is 0.607. The average Bonchev–Trinajstić information content (AvgIpc) is 2.98. The molecule has 0 atom stereocenters. The summed E-state index contributed by atoms with van der Waals surface area (Å²) in [5.74, 6) is -1.34. The molecule has 0 aliphatic carbocycles. The Balaban J connectivity index is 1.63. The molecular weight excluding hydrogens is 280 g/mol. The number of likely N-dealkylation sites (tertiary alicyclic amines) is 1. The van der Waals surface area contributed by atoms with Gasteiger partial charge in [0.2, 0.25) is 0 Å². The maximum atomic E-state index is 12.2. The number of rotatable bonds is 2. The van der Waals surface area contributed by atoms with Crippen LogP contribution in [0.25, 0.3) is 0 Å². The fourth-order valence-electron chi connectivity index (χ4n) is 2.65. The van der Waals surface area contributed by atoms with Gasteiger partial charge >= 0.3 is 5.88 Å². The van der Waals surface area contributed by atoms with Gasteiger partial charge in [0.25, 0.3) is 5.91 Å². The van der Waals surface area contributed by atoms with E-state index in [1.54, 1.807) is 4.90 Å². The molecule has 1 aromatic rings. The van der Waals surface area contributed by atoms with Gasteiger partial charge in [0.15, 0.2) is 11.5 Å². The molecule has 3 rings (SSSR count). The Kier molecular flexibility index (Phi) is 3.64. The van der Waals surface area contributed by atoms with Crippen LogP contribution in [0, 0.1) is 10.1 Å². The molecule has 1 spiro atoms. The highest BCUT2D eigenvalue weighted by molar-refractivity contribution is 5.91. The van der Waals surface area contributed by atoms with Crippen LogP contribution in [0.3, 0.4) is 0 Å². The van der Waals surface area contributed by atoms with E-state index >= 15 is 0 Å². The van der Waals surface area contributed by atoms with Gasteiger partial charge in [-0.25, -0.2) is 0 Å². The second kappa shape index (κ2) is 5.45. The minimum absolute atomic E-state index is 0.0110. The number of hydrogen-bond acceptors (Lipinski definition) is 6. The minimum Gasteiger partial charge on any atom is -0.395 e. The van der Waals surface area contributed by atoms with Gasteiger partial charge in [0.05, 0.1) is 19.3 Å². The van der Waals surface area contributed by atoms with Crippen molar-refractivity contribution in [2.45, 2.75) is 25.0 Å². The number of carbonyl (C=O) groups excluding carboxylic acids is 1. The summed E-state index contributed by atoms with van der Waals surface area (Å²) in [6.45, 7) is 2.32. The third-order valence-electron chi connectivity index (χ3n) is 3.81. The summed E-state index contributed by atoms with van der Waals surface area (Å²) in [6, 6.07) is 2.52. The van der Waals surface area contributed by atoms with Crippen molar-refractivity contribution in [2.24, 2.45) is 0 Å². The Bertz CT molecular complexity index is 539. The fraction of sp³-hybridized carbons (Fsp3) is 0.615. The number of ether oxygens (including phenoxy) is 2. The Hall–Kier alpha value is -1.93. The summed E-state index contributed by atoms with van der Waals surface area (Å²) < 4.78 is 16.3. The van der Waals surface area contributed by atoms with Crippen molar-refractivity contribution < 1.29 is 23.6 Å². The molecule has 0 aromatic carbocycles. The molecule has 0 bridgehead atoms. The first-order valence-corrected chi connectivity index (χ1v) is 6.91. The monoisotopic (exact) mass is 296 g/mol. The van der Waals surface area contributed by atoms with Gasteiger partial charge < -0.3 is 18.8 Å². The lowest BCUT2D eigenvalue weighted by atomic mass is 10.0. The van der Waals surface area contributed by atoms with E-state index in [1.807, 2.05) is 0 Å². The molecule has 0 unspecified atom stereocenters. The summed E-state index contributed by atoms with van der Waals surface area (Å²) in [7, 11) is 0. The van der Waals surface area contributed by atoms with E-state index in [2.05, 4.69) is 0 Å². The molecule has 8 nitrogen and oxygen atoms in total. The van der Waals surface area contributed by atoms with Crippen LogP contribution in [-0.2, 0) is 9.47 Å². The van der Waals surface area contributed by atoms with Gasteiger partial charge in [0.1, 0.15) is 4.92 Å². The highest BCUT2D eigenvalue weighted by atomic mass is 16.7. The van der Waals surface area contributed by atoms with Crippen molar-refractivity contribution in [3.05, 3.63) is 28.0 Å². The van der Waals surface area contributed by atoms with Crippen LogP contribution in [-0.4, -0.2) is 47.8 Å². The normalized spacial score (nSPS) is 21.4. The van der Waals surface area contributed by atoms with Crippen LogP contribution >= 0.6 is 0 Å². The first-order chi connectivity index (χ1) is 10.1. The maximum absolute atomic E-state index is 12.2. The molecule has 0 saturated carbocycles. The smallest absolute Gasteiger partial charge is 0.395 e. The summed E-state index contributed by atoms with van der Waals surface area (Å²) >= 11 is 0. The zero-order valence-electron chi connectivity index (χ0n) is 11.4. The average molecular weight is 296 g/mol. The van der Waals surface area contributed by atoms with Crippen LogP contribution in [0.1, 0.15) is 29.8 Å². The van der Waals surface area contributed by atoms with Crippen molar-refractivity contribution in [1.29, 1.82) is 0 Å². The van der Waals surface area contributed by atoms with E-state index in [0.717, 1.165) is 6.42 Å². The largest absolute Gasteiger partial charge is 0.433 e. The molecule has 1 amide bonds. The van der Waals surface area contributed by atoms with Gasteiger partial charge in [0, 0.05) is 25.9 Å². The number of amides is 1. The number of nitro groups is 1. The van der Waals surface area contributed by atoms with Gasteiger partial charge in [-0.2, -0.15) is 0 Å². The van der Waals surface area contributed by atoms with Crippen LogP contribution in [0.5, 0.6) is 0 Å². The van der Waals surface area contributed by atoms with Crippen molar-refractivity contribution in [3.8, 4) is 0 Å². The lowest BCUT2D eigenvalue weighted by Gasteiger charge is -2.43. The Morgan fingerprint density at radius 1 is 1.24 bits per heavy atom. The second-order valence-electron chi connectivity index (χ2n) is 5.15.